The monoisotopic (exact) mass is 286 g/mol. The molecule has 0 atom stereocenters. The molecule has 0 unspecified atom stereocenters. The molecule has 6 nitrogen and oxygen atoms in total. The van der Waals surface area contributed by atoms with E-state index >= 15 is 0 Å². The fraction of sp³-hybridized carbons (Fsp3) is 0.267. The second kappa shape index (κ2) is 8.38. The molecule has 0 spiro atoms. The van der Waals surface area contributed by atoms with Crippen LogP contribution >= 0.6 is 0 Å². The Kier molecular flexibility index (Phi) is 6.48. The first-order chi connectivity index (χ1) is 10.1. The predicted octanol–water partition coefficient (Wildman–Crippen LogP) is 1.99. The van der Waals surface area contributed by atoms with E-state index in [-0.39, 0.29) is 11.5 Å². The molecule has 0 radical (unpaired) electrons. The van der Waals surface area contributed by atoms with Crippen LogP contribution in [-0.4, -0.2) is 18.4 Å². The minimum atomic E-state index is -0.412. The van der Waals surface area contributed by atoms with E-state index in [2.05, 4.69) is 16.0 Å². The highest BCUT2D eigenvalue weighted by Gasteiger charge is 2.07. The number of nitrogens with one attached hydrogen (secondary N) is 3. The molecule has 1 aromatic rings. The lowest BCUT2D eigenvalue weighted by molar-refractivity contribution is -0.117. The Morgan fingerprint density at radius 3 is 2.67 bits per heavy atom. The van der Waals surface area contributed by atoms with E-state index in [4.69, 9.17) is 5.26 Å². The van der Waals surface area contributed by atoms with Crippen molar-refractivity contribution >= 4 is 23.2 Å². The molecule has 0 aromatic heterocycles. The topological polar surface area (TPSA) is 94.0 Å². The number of anilines is 2. The number of nitriles is 1. The van der Waals surface area contributed by atoms with E-state index in [1.54, 1.807) is 24.3 Å². The summed E-state index contributed by atoms with van der Waals surface area (Å²) in [5, 5.41) is 17.1. The molecule has 0 heterocycles. The van der Waals surface area contributed by atoms with Gasteiger partial charge in [-0.25, -0.2) is 0 Å². The van der Waals surface area contributed by atoms with E-state index in [1.807, 2.05) is 13.0 Å². The van der Waals surface area contributed by atoms with Crippen molar-refractivity contribution in [1.29, 1.82) is 5.26 Å². The molecular weight excluding hydrogens is 268 g/mol. The van der Waals surface area contributed by atoms with Crippen LogP contribution in [0.15, 0.2) is 36.0 Å². The van der Waals surface area contributed by atoms with E-state index in [9.17, 15) is 9.59 Å². The molecule has 1 aromatic carbocycles. The van der Waals surface area contributed by atoms with Crippen molar-refractivity contribution in [2.75, 3.05) is 17.2 Å². The van der Waals surface area contributed by atoms with Gasteiger partial charge in [-0.3, -0.25) is 9.59 Å². The number of nitrogens with zero attached hydrogens (tertiary/aromatic N) is 1. The van der Waals surface area contributed by atoms with Gasteiger partial charge in [-0.05, 0) is 24.6 Å². The third kappa shape index (κ3) is 5.78. The zero-order valence-electron chi connectivity index (χ0n) is 12.1. The van der Waals surface area contributed by atoms with Crippen LogP contribution in [0, 0.1) is 11.3 Å². The SMILES string of the molecule is CCCNC(=O)/C(C#N)=C\Nc1cccc(NC(C)=O)c1. The summed E-state index contributed by atoms with van der Waals surface area (Å²) in [6.45, 7) is 3.88. The summed E-state index contributed by atoms with van der Waals surface area (Å²) in [4.78, 5) is 22.7. The number of rotatable bonds is 6. The molecule has 0 bridgehead atoms. The quantitative estimate of drug-likeness (QED) is 0.550. The van der Waals surface area contributed by atoms with Crippen LogP contribution in [0.3, 0.4) is 0 Å². The molecule has 0 aliphatic rings. The van der Waals surface area contributed by atoms with Crippen LogP contribution in [0.25, 0.3) is 0 Å². The average Bonchev–Trinajstić information content (AvgIpc) is 2.45. The maximum atomic E-state index is 11.7. The molecular formula is C15H18N4O2. The fourth-order valence-electron chi connectivity index (χ4n) is 1.53. The van der Waals surface area contributed by atoms with Gasteiger partial charge in [0.15, 0.2) is 0 Å². The molecule has 0 fully saturated rings. The normalized spacial score (nSPS) is 10.4. The van der Waals surface area contributed by atoms with Crippen molar-refractivity contribution in [3.05, 3.63) is 36.0 Å². The zero-order chi connectivity index (χ0) is 15.7. The molecule has 0 saturated heterocycles. The second-order valence-corrected chi connectivity index (χ2v) is 4.33. The van der Waals surface area contributed by atoms with Crippen molar-refractivity contribution in [2.45, 2.75) is 20.3 Å². The second-order valence-electron chi connectivity index (χ2n) is 4.33. The Bertz CT molecular complexity index is 588. The molecule has 110 valence electrons. The van der Waals surface area contributed by atoms with Crippen molar-refractivity contribution in [3.8, 4) is 6.07 Å². The third-order valence-corrected chi connectivity index (χ3v) is 2.47. The molecule has 6 heteroatoms. The minimum Gasteiger partial charge on any atom is -0.360 e. The van der Waals surface area contributed by atoms with Crippen LogP contribution in [-0.2, 0) is 9.59 Å². The largest absolute Gasteiger partial charge is 0.360 e. The fourth-order valence-corrected chi connectivity index (χ4v) is 1.53. The number of hydrogen-bond acceptors (Lipinski definition) is 4. The number of carbonyl (C=O) groups excluding carboxylic acids is 2. The summed E-state index contributed by atoms with van der Waals surface area (Å²) in [7, 11) is 0. The lowest BCUT2D eigenvalue weighted by Crippen LogP contribution is -2.25. The van der Waals surface area contributed by atoms with Gasteiger partial charge in [-0.15, -0.1) is 0 Å². The molecule has 21 heavy (non-hydrogen) atoms. The molecule has 2 amide bonds. The Morgan fingerprint density at radius 2 is 2.05 bits per heavy atom. The van der Waals surface area contributed by atoms with Gasteiger partial charge in [0.2, 0.25) is 5.91 Å². The van der Waals surface area contributed by atoms with Crippen molar-refractivity contribution < 1.29 is 9.59 Å². The van der Waals surface area contributed by atoms with Crippen LogP contribution in [0.4, 0.5) is 11.4 Å². The van der Waals surface area contributed by atoms with Gasteiger partial charge in [-0.1, -0.05) is 13.0 Å². The first kappa shape index (κ1) is 16.2. The number of carbonyl (C=O) groups is 2. The maximum absolute atomic E-state index is 11.7. The highest BCUT2D eigenvalue weighted by atomic mass is 16.2. The number of hydrogen-bond donors (Lipinski definition) is 3. The zero-order valence-corrected chi connectivity index (χ0v) is 12.1. The molecule has 0 aliphatic heterocycles. The van der Waals surface area contributed by atoms with Gasteiger partial charge in [0, 0.05) is 31.0 Å². The van der Waals surface area contributed by atoms with Crippen LogP contribution < -0.4 is 16.0 Å². The summed E-state index contributed by atoms with van der Waals surface area (Å²) in [6, 6.07) is 8.81. The summed E-state index contributed by atoms with van der Waals surface area (Å²) in [6.07, 6.45) is 2.15. The lowest BCUT2D eigenvalue weighted by Gasteiger charge is -2.06. The Labute approximate surface area is 123 Å². The summed E-state index contributed by atoms with van der Waals surface area (Å²) < 4.78 is 0. The maximum Gasteiger partial charge on any atom is 0.263 e. The molecule has 1 rings (SSSR count). The van der Waals surface area contributed by atoms with Crippen molar-refractivity contribution in [3.63, 3.8) is 0 Å². The van der Waals surface area contributed by atoms with Crippen LogP contribution in [0.1, 0.15) is 20.3 Å². The van der Waals surface area contributed by atoms with Gasteiger partial charge in [0.25, 0.3) is 5.91 Å². The molecule has 0 aliphatic carbocycles. The van der Waals surface area contributed by atoms with Crippen molar-refractivity contribution in [2.24, 2.45) is 0 Å². The van der Waals surface area contributed by atoms with E-state index in [1.165, 1.54) is 13.1 Å². The number of amides is 2. The van der Waals surface area contributed by atoms with Gasteiger partial charge >= 0.3 is 0 Å². The first-order valence-corrected chi connectivity index (χ1v) is 6.59. The van der Waals surface area contributed by atoms with E-state index in [0.717, 1.165) is 6.42 Å². The molecule has 3 N–H and O–H groups in total. The third-order valence-electron chi connectivity index (χ3n) is 2.47. The highest BCUT2D eigenvalue weighted by Crippen LogP contribution is 2.15. The first-order valence-electron chi connectivity index (χ1n) is 6.59. The van der Waals surface area contributed by atoms with Gasteiger partial charge in [-0.2, -0.15) is 5.26 Å². The smallest absolute Gasteiger partial charge is 0.263 e. The van der Waals surface area contributed by atoms with Crippen LogP contribution in [0.2, 0.25) is 0 Å². The standard InChI is InChI=1S/C15H18N4O2/c1-3-7-17-15(21)12(9-16)10-18-13-5-4-6-14(8-13)19-11(2)20/h4-6,8,10,18H,3,7H2,1-2H3,(H,17,21)(H,19,20)/b12-10-. The summed E-state index contributed by atoms with van der Waals surface area (Å²) >= 11 is 0. The predicted molar refractivity (Wildman–Crippen MR) is 81.4 cm³/mol. The van der Waals surface area contributed by atoms with Gasteiger partial charge < -0.3 is 16.0 Å². The highest BCUT2D eigenvalue weighted by molar-refractivity contribution is 5.97. The Morgan fingerprint density at radius 1 is 1.33 bits per heavy atom. The molecule has 0 saturated carbocycles. The summed E-state index contributed by atoms with van der Waals surface area (Å²) in [5.41, 5.74) is 1.29. The Balaban J connectivity index is 2.75. The average molecular weight is 286 g/mol. The van der Waals surface area contributed by atoms with E-state index in [0.29, 0.717) is 17.9 Å². The Hall–Kier alpha value is -2.81. The number of benzene rings is 1. The van der Waals surface area contributed by atoms with Gasteiger partial charge in [0.1, 0.15) is 11.6 Å². The van der Waals surface area contributed by atoms with Gasteiger partial charge in [0.05, 0.1) is 0 Å². The van der Waals surface area contributed by atoms with Crippen LogP contribution in [0.5, 0.6) is 0 Å². The van der Waals surface area contributed by atoms with Crippen molar-refractivity contribution in [1.82, 2.24) is 5.32 Å². The minimum absolute atomic E-state index is 0.00613. The summed E-state index contributed by atoms with van der Waals surface area (Å²) in [5.74, 6) is -0.579. The van der Waals surface area contributed by atoms with E-state index < -0.39 is 5.91 Å². The lowest BCUT2D eigenvalue weighted by atomic mass is 10.2.